The molecule has 1 fully saturated rings. The molecule has 0 amide bonds. The minimum atomic E-state index is 0. The number of halogens is 1. The molecule has 7 nitrogen and oxygen atoms in total. The Kier molecular flexibility index (Phi) is 10.5. The Balaban J connectivity index is 0.00000338. The zero-order chi connectivity index (χ0) is 18.2. The van der Waals surface area contributed by atoms with Crippen molar-refractivity contribution in [3.8, 4) is 0 Å². The van der Waals surface area contributed by atoms with Crippen molar-refractivity contribution in [2.75, 3.05) is 46.3 Å². The van der Waals surface area contributed by atoms with E-state index in [0.29, 0.717) is 18.5 Å². The number of aromatic nitrogens is 2. The molecule has 8 heteroatoms. The second kappa shape index (κ2) is 11.8. The van der Waals surface area contributed by atoms with Gasteiger partial charge in [0.25, 0.3) is 0 Å². The highest BCUT2D eigenvalue weighted by atomic mass is 127. The lowest BCUT2D eigenvalue weighted by atomic mass is 10.0. The van der Waals surface area contributed by atoms with Gasteiger partial charge >= 0.3 is 0 Å². The number of rotatable bonds is 7. The van der Waals surface area contributed by atoms with Gasteiger partial charge in [0.15, 0.2) is 5.96 Å². The molecule has 0 aliphatic carbocycles. The van der Waals surface area contributed by atoms with Crippen molar-refractivity contribution in [2.24, 2.45) is 18.0 Å². The van der Waals surface area contributed by atoms with Crippen LogP contribution in [0.2, 0.25) is 0 Å². The van der Waals surface area contributed by atoms with Gasteiger partial charge in [-0.2, -0.15) is 5.10 Å². The molecule has 1 aromatic heterocycles. The Labute approximate surface area is 175 Å². The highest BCUT2D eigenvalue weighted by Gasteiger charge is 2.25. The second-order valence-corrected chi connectivity index (χ2v) is 7.17. The van der Waals surface area contributed by atoms with Crippen LogP contribution in [0.15, 0.2) is 17.3 Å². The van der Waals surface area contributed by atoms with E-state index in [-0.39, 0.29) is 24.0 Å². The van der Waals surface area contributed by atoms with Gasteiger partial charge in [0.2, 0.25) is 0 Å². The van der Waals surface area contributed by atoms with Crippen LogP contribution in [0.25, 0.3) is 0 Å². The Hall–Kier alpha value is -0.870. The van der Waals surface area contributed by atoms with Crippen LogP contribution >= 0.6 is 24.0 Å². The summed E-state index contributed by atoms with van der Waals surface area (Å²) < 4.78 is 1.87. The van der Waals surface area contributed by atoms with E-state index in [9.17, 15) is 0 Å². The smallest absolute Gasteiger partial charge is 0.191 e. The third-order valence-electron chi connectivity index (χ3n) is 4.92. The van der Waals surface area contributed by atoms with Gasteiger partial charge in [0.1, 0.15) is 0 Å². The minimum absolute atomic E-state index is 0. The van der Waals surface area contributed by atoms with E-state index in [1.54, 1.807) is 0 Å². The zero-order valence-corrected chi connectivity index (χ0v) is 19.2. The van der Waals surface area contributed by atoms with Crippen LogP contribution < -0.4 is 10.6 Å². The third-order valence-corrected chi connectivity index (χ3v) is 4.92. The maximum absolute atomic E-state index is 4.71. The molecule has 150 valence electrons. The number of nitrogens with zero attached hydrogens (tertiary/aromatic N) is 5. The van der Waals surface area contributed by atoms with Crippen LogP contribution in [-0.2, 0) is 13.6 Å². The lowest BCUT2D eigenvalue weighted by Crippen LogP contribution is -2.55. The number of hydrogen-bond acceptors (Lipinski definition) is 4. The number of hydrogen-bond donors (Lipinski definition) is 2. The fourth-order valence-electron chi connectivity index (χ4n) is 3.20. The van der Waals surface area contributed by atoms with Gasteiger partial charge in [0, 0.05) is 58.6 Å². The molecule has 0 radical (unpaired) electrons. The fraction of sp³-hybridized carbons (Fsp3) is 0.778. The van der Waals surface area contributed by atoms with Crippen LogP contribution in [0.4, 0.5) is 0 Å². The number of nitrogens with one attached hydrogen (secondary N) is 2. The molecule has 2 heterocycles. The van der Waals surface area contributed by atoms with E-state index in [1.807, 2.05) is 24.0 Å². The number of likely N-dealkylation sites (N-methyl/N-ethyl adjacent to an activating group) is 1. The topological polar surface area (TPSA) is 60.7 Å². The molecule has 2 N–H and O–H groups in total. The highest BCUT2D eigenvalue weighted by molar-refractivity contribution is 14.0. The summed E-state index contributed by atoms with van der Waals surface area (Å²) in [6.45, 7) is 13.7. The Bertz CT molecular complexity index is 535. The molecule has 26 heavy (non-hydrogen) atoms. The number of aryl methyl sites for hydroxylation is 1. The zero-order valence-electron chi connectivity index (χ0n) is 16.9. The SMILES string of the molecule is CCNC(=NCc1ccnn1C)NCC(C(C)C)N1CCN(C)CC1.I. The summed E-state index contributed by atoms with van der Waals surface area (Å²) in [5.41, 5.74) is 1.11. The van der Waals surface area contributed by atoms with Crippen molar-refractivity contribution < 1.29 is 0 Å². The van der Waals surface area contributed by atoms with Crippen LogP contribution in [0, 0.1) is 5.92 Å². The first-order valence-electron chi connectivity index (χ1n) is 9.43. The maximum Gasteiger partial charge on any atom is 0.191 e. The Morgan fingerprint density at radius 2 is 1.88 bits per heavy atom. The average Bonchev–Trinajstić information content (AvgIpc) is 2.99. The Morgan fingerprint density at radius 3 is 2.42 bits per heavy atom. The monoisotopic (exact) mass is 477 g/mol. The van der Waals surface area contributed by atoms with Crippen LogP contribution in [0.5, 0.6) is 0 Å². The third kappa shape index (κ3) is 7.03. The molecule has 1 aliphatic rings. The normalized spacial score (nSPS) is 17.8. The van der Waals surface area contributed by atoms with E-state index in [2.05, 4.69) is 53.4 Å². The molecular weight excluding hydrogens is 441 g/mol. The van der Waals surface area contributed by atoms with Gasteiger partial charge in [0.05, 0.1) is 12.2 Å². The molecule has 0 saturated carbocycles. The van der Waals surface area contributed by atoms with Gasteiger partial charge < -0.3 is 15.5 Å². The quantitative estimate of drug-likeness (QED) is 0.353. The molecule has 2 rings (SSSR count). The van der Waals surface area contributed by atoms with E-state index in [0.717, 1.165) is 50.9 Å². The van der Waals surface area contributed by atoms with Crippen LogP contribution in [0.1, 0.15) is 26.5 Å². The lowest BCUT2D eigenvalue weighted by molar-refractivity contribution is 0.0900. The largest absolute Gasteiger partial charge is 0.357 e. The van der Waals surface area contributed by atoms with E-state index in [4.69, 9.17) is 4.99 Å². The van der Waals surface area contributed by atoms with Crippen molar-refractivity contribution in [3.05, 3.63) is 18.0 Å². The molecule has 1 atom stereocenters. The van der Waals surface area contributed by atoms with Gasteiger partial charge in [-0.25, -0.2) is 4.99 Å². The molecular formula is C18H36IN7. The second-order valence-electron chi connectivity index (χ2n) is 7.17. The first-order chi connectivity index (χ1) is 12.0. The van der Waals surface area contributed by atoms with Crippen molar-refractivity contribution in [1.82, 2.24) is 30.2 Å². The maximum atomic E-state index is 4.71. The van der Waals surface area contributed by atoms with E-state index >= 15 is 0 Å². The highest BCUT2D eigenvalue weighted by Crippen LogP contribution is 2.12. The predicted molar refractivity (Wildman–Crippen MR) is 119 cm³/mol. The van der Waals surface area contributed by atoms with Crippen LogP contribution in [-0.4, -0.2) is 77.9 Å². The molecule has 0 aromatic carbocycles. The van der Waals surface area contributed by atoms with Gasteiger partial charge in [-0.15, -0.1) is 24.0 Å². The summed E-state index contributed by atoms with van der Waals surface area (Å²) >= 11 is 0. The van der Waals surface area contributed by atoms with Crippen molar-refractivity contribution in [1.29, 1.82) is 0 Å². The summed E-state index contributed by atoms with van der Waals surface area (Å²) in [5.74, 6) is 1.49. The van der Waals surface area contributed by atoms with Crippen molar-refractivity contribution in [2.45, 2.75) is 33.4 Å². The van der Waals surface area contributed by atoms with Gasteiger partial charge in [-0.1, -0.05) is 13.8 Å². The Morgan fingerprint density at radius 1 is 1.19 bits per heavy atom. The summed E-state index contributed by atoms with van der Waals surface area (Å²) in [6.07, 6.45) is 1.81. The molecule has 1 aromatic rings. The van der Waals surface area contributed by atoms with Gasteiger partial charge in [-0.05, 0) is 26.0 Å². The molecule has 0 bridgehead atoms. The van der Waals surface area contributed by atoms with Crippen molar-refractivity contribution in [3.63, 3.8) is 0 Å². The summed E-state index contributed by atoms with van der Waals surface area (Å²) in [7, 11) is 4.15. The first kappa shape index (κ1) is 23.2. The standard InChI is InChI=1S/C18H35N7.HI/c1-6-19-18(20-13-16-7-8-22-24(16)5)21-14-17(15(2)3)25-11-9-23(4)10-12-25;/h7-8,15,17H,6,9-14H2,1-5H3,(H2,19,20,21);1H. The predicted octanol–water partition coefficient (Wildman–Crippen LogP) is 1.37. The summed E-state index contributed by atoms with van der Waals surface area (Å²) in [6, 6.07) is 2.53. The minimum Gasteiger partial charge on any atom is -0.357 e. The molecule has 1 saturated heterocycles. The van der Waals surface area contributed by atoms with Gasteiger partial charge in [-0.3, -0.25) is 9.58 Å². The number of piperazine rings is 1. The van der Waals surface area contributed by atoms with E-state index in [1.165, 1.54) is 0 Å². The van der Waals surface area contributed by atoms with E-state index < -0.39 is 0 Å². The van der Waals surface area contributed by atoms with Crippen molar-refractivity contribution >= 4 is 29.9 Å². The molecule has 1 aliphatic heterocycles. The number of guanidine groups is 1. The number of aliphatic imine (C=N–C) groups is 1. The lowest BCUT2D eigenvalue weighted by Gasteiger charge is -2.40. The first-order valence-corrected chi connectivity index (χ1v) is 9.43. The molecule has 0 spiro atoms. The fourth-order valence-corrected chi connectivity index (χ4v) is 3.20. The average molecular weight is 477 g/mol. The summed E-state index contributed by atoms with van der Waals surface area (Å²) in [4.78, 5) is 9.73. The molecule has 1 unspecified atom stereocenters. The summed E-state index contributed by atoms with van der Waals surface area (Å²) in [5, 5.41) is 11.1. The van der Waals surface area contributed by atoms with Crippen LogP contribution in [0.3, 0.4) is 0 Å².